The quantitative estimate of drug-likeness (QED) is 0.579. The van der Waals surface area contributed by atoms with Gasteiger partial charge < -0.3 is 0 Å². The van der Waals surface area contributed by atoms with Gasteiger partial charge in [-0.05, 0) is 0 Å². The Hall–Kier alpha value is -1.02. The van der Waals surface area contributed by atoms with Crippen LogP contribution < -0.4 is 0 Å². The largest absolute Gasteiger partial charge is 0.430 e. The van der Waals surface area contributed by atoms with Crippen molar-refractivity contribution in [3.63, 3.8) is 0 Å². The second-order valence-electron chi connectivity index (χ2n) is 4.01. The molecule has 0 atom stereocenters. The molecule has 1 fully saturated rings. The number of halogens is 14. The maximum atomic E-state index is 12.7. The standard InChI is InChI=1S/C7F14O/c8-1(9)2(10,11)4(14,15)6(18,19)22-7(20,21)5(16,17)3(1,12)13. The molecule has 0 aromatic carbocycles. The van der Waals surface area contributed by atoms with Gasteiger partial charge in [-0.15, -0.1) is 0 Å². The molecule has 1 saturated heterocycles. The summed E-state index contributed by atoms with van der Waals surface area (Å²) in [7, 11) is 0. The Morgan fingerprint density at radius 1 is 0.318 bits per heavy atom. The summed E-state index contributed by atoms with van der Waals surface area (Å²) in [6.07, 6.45) is -14.7. The molecule has 1 nitrogen and oxygen atoms in total. The zero-order valence-corrected chi connectivity index (χ0v) is 9.20. The van der Waals surface area contributed by atoms with Gasteiger partial charge in [-0.25, -0.2) is 4.74 Å². The van der Waals surface area contributed by atoms with Gasteiger partial charge in [0.15, 0.2) is 0 Å². The number of rotatable bonds is 0. The fraction of sp³-hybridized carbons (Fsp3) is 1.00. The van der Waals surface area contributed by atoms with Gasteiger partial charge >= 0.3 is 41.8 Å². The topological polar surface area (TPSA) is 9.23 Å². The van der Waals surface area contributed by atoms with Gasteiger partial charge in [-0.1, -0.05) is 0 Å². The highest BCUT2D eigenvalue weighted by Gasteiger charge is 2.97. The highest BCUT2D eigenvalue weighted by molar-refractivity contribution is 5.14. The highest BCUT2D eigenvalue weighted by Crippen LogP contribution is 2.65. The van der Waals surface area contributed by atoms with Crippen molar-refractivity contribution in [2.45, 2.75) is 41.8 Å². The molecule has 1 rings (SSSR count). The first-order valence-corrected chi connectivity index (χ1v) is 4.55. The van der Waals surface area contributed by atoms with Crippen LogP contribution in [0.1, 0.15) is 0 Å². The third-order valence-corrected chi connectivity index (χ3v) is 2.56. The molecule has 1 heterocycles. The molecule has 0 amide bonds. The zero-order chi connectivity index (χ0) is 18.2. The monoisotopic (exact) mass is 366 g/mol. The van der Waals surface area contributed by atoms with Crippen molar-refractivity contribution in [1.82, 2.24) is 0 Å². The predicted octanol–water partition coefficient (Wildman–Crippen LogP) is 4.38. The Bertz CT molecular complexity index is 424. The predicted molar refractivity (Wildman–Crippen MR) is 35.7 cm³/mol. The molecule has 1 aliphatic rings. The Kier molecular flexibility index (Phi) is 3.53. The zero-order valence-electron chi connectivity index (χ0n) is 9.20. The molecular formula is C7F14O. The normalized spacial score (nSPS) is 33.5. The summed E-state index contributed by atoms with van der Waals surface area (Å²) >= 11 is 0. The van der Waals surface area contributed by atoms with Crippen LogP contribution in [0.4, 0.5) is 61.5 Å². The first-order valence-electron chi connectivity index (χ1n) is 4.55. The van der Waals surface area contributed by atoms with Gasteiger partial charge in [0.2, 0.25) is 0 Å². The number of hydrogen-bond acceptors (Lipinski definition) is 1. The average Bonchev–Trinajstić information content (AvgIpc) is 2.24. The smallest absolute Gasteiger partial charge is 0.245 e. The minimum Gasteiger partial charge on any atom is -0.245 e. The lowest BCUT2D eigenvalue weighted by Crippen LogP contribution is -2.77. The maximum absolute atomic E-state index is 12.7. The molecule has 0 unspecified atom stereocenters. The lowest BCUT2D eigenvalue weighted by Gasteiger charge is -2.45. The van der Waals surface area contributed by atoms with Crippen molar-refractivity contribution in [3.05, 3.63) is 0 Å². The van der Waals surface area contributed by atoms with Gasteiger partial charge in [-0.3, -0.25) is 0 Å². The lowest BCUT2D eigenvalue weighted by molar-refractivity contribution is -0.548. The van der Waals surface area contributed by atoms with Crippen LogP contribution in [0.2, 0.25) is 0 Å². The molecule has 132 valence electrons. The third kappa shape index (κ3) is 1.76. The van der Waals surface area contributed by atoms with Gasteiger partial charge in [-0.2, -0.15) is 61.5 Å². The summed E-state index contributed by atoms with van der Waals surface area (Å²) in [5.41, 5.74) is 0. The van der Waals surface area contributed by atoms with Crippen molar-refractivity contribution in [1.29, 1.82) is 0 Å². The van der Waals surface area contributed by atoms with Gasteiger partial charge in [0.25, 0.3) is 0 Å². The third-order valence-electron chi connectivity index (χ3n) is 2.56. The Morgan fingerprint density at radius 3 is 0.727 bits per heavy atom. The molecule has 0 aromatic heterocycles. The fourth-order valence-corrected chi connectivity index (χ4v) is 1.25. The van der Waals surface area contributed by atoms with E-state index in [4.69, 9.17) is 0 Å². The summed E-state index contributed by atoms with van der Waals surface area (Å²) < 4.78 is 178. The molecule has 22 heavy (non-hydrogen) atoms. The summed E-state index contributed by atoms with van der Waals surface area (Å²) in [4.78, 5) is 0. The Morgan fingerprint density at radius 2 is 0.500 bits per heavy atom. The lowest BCUT2D eigenvalue weighted by atomic mass is 9.91. The molecule has 15 heteroatoms. The van der Waals surface area contributed by atoms with Gasteiger partial charge in [0.05, 0.1) is 0 Å². The van der Waals surface area contributed by atoms with E-state index >= 15 is 0 Å². The fourth-order valence-electron chi connectivity index (χ4n) is 1.25. The van der Waals surface area contributed by atoms with Crippen LogP contribution in [0.3, 0.4) is 0 Å². The van der Waals surface area contributed by atoms with E-state index in [1.54, 1.807) is 0 Å². The number of alkyl halides is 14. The van der Waals surface area contributed by atoms with E-state index in [1.165, 1.54) is 4.74 Å². The molecule has 1 aliphatic heterocycles. The SMILES string of the molecule is FC1(F)OC(F)(F)C(F)(F)C(F)(F)C(F)(F)C(F)(F)C1(F)F. The molecule has 0 N–H and O–H groups in total. The summed E-state index contributed by atoms with van der Waals surface area (Å²) in [5, 5.41) is 0. The van der Waals surface area contributed by atoms with Crippen molar-refractivity contribution < 1.29 is 66.2 Å². The molecule has 0 aliphatic carbocycles. The molecule has 0 aromatic rings. The first kappa shape index (κ1) is 19.0. The van der Waals surface area contributed by atoms with Gasteiger partial charge in [0.1, 0.15) is 0 Å². The van der Waals surface area contributed by atoms with Crippen molar-refractivity contribution >= 4 is 0 Å². The van der Waals surface area contributed by atoms with E-state index in [0.717, 1.165) is 0 Å². The van der Waals surface area contributed by atoms with Crippen LogP contribution in [-0.4, -0.2) is 41.8 Å². The van der Waals surface area contributed by atoms with Gasteiger partial charge in [0, 0.05) is 0 Å². The van der Waals surface area contributed by atoms with Crippen molar-refractivity contribution in [2.75, 3.05) is 0 Å². The second kappa shape index (κ2) is 4.08. The van der Waals surface area contributed by atoms with Crippen LogP contribution in [0.15, 0.2) is 0 Å². The van der Waals surface area contributed by atoms with Crippen molar-refractivity contribution in [3.8, 4) is 0 Å². The van der Waals surface area contributed by atoms with E-state index < -0.39 is 41.8 Å². The number of ether oxygens (including phenoxy) is 1. The van der Waals surface area contributed by atoms with Crippen LogP contribution in [-0.2, 0) is 4.74 Å². The van der Waals surface area contributed by atoms with E-state index in [-0.39, 0.29) is 0 Å². The average molecular weight is 366 g/mol. The molecule has 0 spiro atoms. The van der Waals surface area contributed by atoms with Crippen LogP contribution in [0, 0.1) is 0 Å². The van der Waals surface area contributed by atoms with E-state index in [9.17, 15) is 61.5 Å². The van der Waals surface area contributed by atoms with Crippen LogP contribution in [0.25, 0.3) is 0 Å². The molecule has 0 saturated carbocycles. The summed E-state index contributed by atoms with van der Waals surface area (Å²) in [5.74, 6) is -39.1. The highest BCUT2D eigenvalue weighted by atomic mass is 19.4. The molecule has 0 radical (unpaired) electrons. The molecule has 0 bridgehead atoms. The van der Waals surface area contributed by atoms with E-state index in [2.05, 4.69) is 0 Å². The summed E-state index contributed by atoms with van der Waals surface area (Å²) in [6, 6.07) is 0. The number of hydrogen-bond donors (Lipinski definition) is 0. The van der Waals surface area contributed by atoms with Crippen LogP contribution in [0.5, 0.6) is 0 Å². The van der Waals surface area contributed by atoms with Crippen molar-refractivity contribution in [2.24, 2.45) is 0 Å². The minimum atomic E-state index is -7.98. The van der Waals surface area contributed by atoms with E-state index in [1.807, 2.05) is 0 Å². The summed E-state index contributed by atoms with van der Waals surface area (Å²) in [6.45, 7) is 0. The van der Waals surface area contributed by atoms with E-state index in [0.29, 0.717) is 0 Å². The second-order valence-corrected chi connectivity index (χ2v) is 4.01. The first-order chi connectivity index (χ1) is 9.21. The minimum absolute atomic E-state index is 1.40. The van der Waals surface area contributed by atoms with Crippen LogP contribution >= 0.6 is 0 Å². The Labute approximate surface area is 109 Å². The maximum Gasteiger partial charge on any atom is 0.430 e. The molecular weight excluding hydrogens is 366 g/mol. The Balaban J connectivity index is 3.83.